The summed E-state index contributed by atoms with van der Waals surface area (Å²) < 4.78 is 0. The molecule has 0 aliphatic heterocycles. The van der Waals surface area contributed by atoms with E-state index < -0.39 is 0 Å². The Morgan fingerprint density at radius 3 is 2.42 bits per heavy atom. The number of hydrogen-bond donors (Lipinski definition) is 3. The maximum Gasteiger partial charge on any atom is 0.225 e. The molecule has 26 heavy (non-hydrogen) atoms. The summed E-state index contributed by atoms with van der Waals surface area (Å²) >= 11 is 0. The highest BCUT2D eigenvalue weighted by Crippen LogP contribution is 2.23. The molecule has 0 amide bonds. The van der Waals surface area contributed by atoms with Crippen molar-refractivity contribution in [2.24, 2.45) is 0 Å². The summed E-state index contributed by atoms with van der Waals surface area (Å²) in [5.41, 5.74) is 4.80. The van der Waals surface area contributed by atoms with Gasteiger partial charge in [0.15, 0.2) is 0 Å². The van der Waals surface area contributed by atoms with Crippen molar-refractivity contribution in [1.82, 2.24) is 15.0 Å². The number of anilines is 3. The van der Waals surface area contributed by atoms with Gasteiger partial charge in [-0.15, -0.1) is 0 Å². The summed E-state index contributed by atoms with van der Waals surface area (Å²) in [7, 11) is 0. The molecule has 3 N–H and O–H groups in total. The van der Waals surface area contributed by atoms with E-state index >= 15 is 0 Å². The van der Waals surface area contributed by atoms with E-state index in [0.717, 1.165) is 11.4 Å². The van der Waals surface area contributed by atoms with Crippen molar-refractivity contribution >= 4 is 17.5 Å². The van der Waals surface area contributed by atoms with Gasteiger partial charge in [0.2, 0.25) is 5.95 Å². The van der Waals surface area contributed by atoms with Gasteiger partial charge in [0.25, 0.3) is 0 Å². The Balaban J connectivity index is 1.98. The largest absolute Gasteiger partial charge is 0.394 e. The first-order chi connectivity index (χ1) is 12.5. The highest BCUT2D eigenvalue weighted by atomic mass is 16.3. The van der Waals surface area contributed by atoms with Gasteiger partial charge in [-0.2, -0.15) is 4.98 Å². The van der Waals surface area contributed by atoms with Crippen LogP contribution < -0.4 is 10.6 Å². The first kappa shape index (κ1) is 17.8. The number of aliphatic hydroxyl groups is 1. The molecule has 0 radical (unpaired) electrons. The Morgan fingerprint density at radius 2 is 1.77 bits per heavy atom. The molecule has 0 aliphatic rings. The normalized spacial score (nSPS) is 11.8. The zero-order valence-corrected chi connectivity index (χ0v) is 15.2. The molecule has 1 aromatic carbocycles. The molecule has 0 saturated heterocycles. The predicted molar refractivity (Wildman–Crippen MR) is 105 cm³/mol. The third-order valence-corrected chi connectivity index (χ3v) is 3.80. The lowest BCUT2D eigenvalue weighted by molar-refractivity contribution is 0.281. The van der Waals surface area contributed by atoms with E-state index in [2.05, 4.69) is 57.6 Å². The molecule has 6 heteroatoms. The fourth-order valence-corrected chi connectivity index (χ4v) is 2.68. The summed E-state index contributed by atoms with van der Waals surface area (Å²) in [6.07, 6.45) is 1.73. The van der Waals surface area contributed by atoms with Crippen molar-refractivity contribution in [3.63, 3.8) is 0 Å². The second kappa shape index (κ2) is 7.93. The minimum Gasteiger partial charge on any atom is -0.394 e. The molecule has 0 bridgehead atoms. The fourth-order valence-electron chi connectivity index (χ4n) is 2.68. The third-order valence-electron chi connectivity index (χ3n) is 3.80. The van der Waals surface area contributed by atoms with Gasteiger partial charge in [-0.3, -0.25) is 4.98 Å². The van der Waals surface area contributed by atoms with Gasteiger partial charge in [-0.05, 0) is 56.2 Å². The molecule has 3 rings (SSSR count). The van der Waals surface area contributed by atoms with E-state index in [4.69, 9.17) is 0 Å². The lowest BCUT2D eigenvalue weighted by atomic mass is 10.1. The van der Waals surface area contributed by atoms with Crippen LogP contribution in [0.5, 0.6) is 0 Å². The van der Waals surface area contributed by atoms with Crippen LogP contribution in [0, 0.1) is 13.8 Å². The van der Waals surface area contributed by atoms with Gasteiger partial charge in [-0.25, -0.2) is 4.98 Å². The maximum absolute atomic E-state index is 9.30. The first-order valence-electron chi connectivity index (χ1n) is 8.56. The molecule has 0 spiro atoms. The van der Waals surface area contributed by atoms with Crippen molar-refractivity contribution in [2.45, 2.75) is 26.8 Å². The van der Waals surface area contributed by atoms with Gasteiger partial charge in [0.1, 0.15) is 5.82 Å². The van der Waals surface area contributed by atoms with Gasteiger partial charge < -0.3 is 15.7 Å². The van der Waals surface area contributed by atoms with Crippen LogP contribution in [0.15, 0.2) is 48.7 Å². The van der Waals surface area contributed by atoms with Gasteiger partial charge >= 0.3 is 0 Å². The zero-order chi connectivity index (χ0) is 18.5. The lowest BCUT2D eigenvalue weighted by Crippen LogP contribution is -2.21. The number of nitrogens with zero attached hydrogens (tertiary/aromatic N) is 3. The van der Waals surface area contributed by atoms with Crippen molar-refractivity contribution in [3.8, 4) is 11.4 Å². The number of nitrogens with one attached hydrogen (secondary N) is 2. The molecular weight excluding hydrogens is 326 g/mol. The standard InChI is InChI=1S/C20H23N5O/c1-13-8-14(2)10-16(9-13)23-19-11-18(17-6-4-5-7-21-17)24-20(25-19)22-15(3)12-26/h4-11,15,26H,12H2,1-3H3,(H2,22,23,24,25)/t15-/m1/s1. The molecule has 134 valence electrons. The number of aliphatic hydroxyl groups excluding tert-OH is 1. The first-order valence-corrected chi connectivity index (χ1v) is 8.56. The number of benzene rings is 1. The molecule has 0 saturated carbocycles. The maximum atomic E-state index is 9.30. The Hall–Kier alpha value is -2.99. The number of hydrogen-bond acceptors (Lipinski definition) is 6. The summed E-state index contributed by atoms with van der Waals surface area (Å²) in [4.78, 5) is 13.4. The topological polar surface area (TPSA) is 83.0 Å². The average molecular weight is 349 g/mol. The molecule has 6 nitrogen and oxygen atoms in total. The van der Waals surface area contributed by atoms with Crippen molar-refractivity contribution in [1.29, 1.82) is 0 Å². The van der Waals surface area contributed by atoms with Crippen LogP contribution in [0.4, 0.5) is 17.5 Å². The van der Waals surface area contributed by atoms with Crippen molar-refractivity contribution in [2.75, 3.05) is 17.2 Å². The quantitative estimate of drug-likeness (QED) is 0.629. The van der Waals surface area contributed by atoms with E-state index in [9.17, 15) is 5.11 Å². The van der Waals surface area contributed by atoms with Crippen molar-refractivity contribution in [3.05, 3.63) is 59.8 Å². The van der Waals surface area contributed by atoms with Gasteiger partial charge in [-0.1, -0.05) is 12.1 Å². The predicted octanol–water partition coefficient (Wildman–Crippen LogP) is 3.69. The second-order valence-electron chi connectivity index (χ2n) is 6.41. The zero-order valence-electron chi connectivity index (χ0n) is 15.2. The van der Waals surface area contributed by atoms with Gasteiger partial charge in [0, 0.05) is 24.0 Å². The molecule has 0 unspecified atom stereocenters. The Morgan fingerprint density at radius 1 is 1.00 bits per heavy atom. The van der Waals surface area contributed by atoms with E-state index in [1.54, 1.807) is 6.20 Å². The molecular formula is C20H23N5O. The minimum absolute atomic E-state index is 0.00297. The van der Waals surface area contributed by atoms with Gasteiger partial charge in [0.05, 0.1) is 18.0 Å². The second-order valence-corrected chi connectivity index (χ2v) is 6.41. The monoisotopic (exact) mass is 349 g/mol. The molecule has 2 aromatic heterocycles. The molecule has 2 heterocycles. The minimum atomic E-state index is -0.150. The molecule has 0 fully saturated rings. The van der Waals surface area contributed by atoms with Crippen LogP contribution in [0.2, 0.25) is 0 Å². The number of rotatable bonds is 6. The average Bonchev–Trinajstić information content (AvgIpc) is 2.61. The lowest BCUT2D eigenvalue weighted by Gasteiger charge is -2.14. The van der Waals surface area contributed by atoms with E-state index in [0.29, 0.717) is 17.5 Å². The van der Waals surface area contributed by atoms with E-state index in [1.807, 2.05) is 31.2 Å². The Bertz CT molecular complexity index is 862. The van der Waals surface area contributed by atoms with Crippen molar-refractivity contribution < 1.29 is 5.11 Å². The fraction of sp³-hybridized carbons (Fsp3) is 0.250. The van der Waals surface area contributed by atoms with E-state index in [-0.39, 0.29) is 12.6 Å². The van der Waals surface area contributed by atoms with E-state index in [1.165, 1.54) is 11.1 Å². The van der Waals surface area contributed by atoms with Crippen LogP contribution in [-0.4, -0.2) is 32.7 Å². The van der Waals surface area contributed by atoms with Crippen LogP contribution >= 0.6 is 0 Å². The highest BCUT2D eigenvalue weighted by Gasteiger charge is 2.10. The number of aryl methyl sites for hydroxylation is 2. The summed E-state index contributed by atoms with van der Waals surface area (Å²) in [5, 5.41) is 15.8. The Kier molecular flexibility index (Phi) is 5.43. The smallest absolute Gasteiger partial charge is 0.225 e. The molecule has 1 atom stereocenters. The van der Waals surface area contributed by atoms with Crippen LogP contribution in [-0.2, 0) is 0 Å². The molecule has 3 aromatic rings. The number of aromatic nitrogens is 3. The highest BCUT2D eigenvalue weighted by molar-refractivity contribution is 5.66. The summed E-state index contributed by atoms with van der Waals surface area (Å²) in [6, 6.07) is 13.7. The van der Waals surface area contributed by atoms with Crippen LogP contribution in [0.1, 0.15) is 18.1 Å². The third kappa shape index (κ3) is 4.55. The van der Waals surface area contributed by atoms with Crippen LogP contribution in [0.3, 0.4) is 0 Å². The van der Waals surface area contributed by atoms with Crippen LogP contribution in [0.25, 0.3) is 11.4 Å². The Labute approximate surface area is 153 Å². The molecule has 0 aliphatic carbocycles. The number of pyridine rings is 1. The summed E-state index contributed by atoms with van der Waals surface area (Å²) in [6.45, 7) is 5.99. The summed E-state index contributed by atoms with van der Waals surface area (Å²) in [5.74, 6) is 1.11. The SMILES string of the molecule is Cc1cc(C)cc(Nc2cc(-c3ccccn3)nc(N[C@H](C)CO)n2)c1.